The SMILES string of the molecule is C=C(C(=O)OC)[C@@H](c1ccccc1Cl)[C@@H]1CSc2ccccc2C1=C(C#N)C#N. The molecule has 2 aromatic carbocycles. The normalized spacial score (nSPS) is 16.0. The van der Waals surface area contributed by atoms with Crippen LogP contribution in [0.2, 0.25) is 5.02 Å². The number of methoxy groups -OCH3 is 1. The van der Waals surface area contributed by atoms with E-state index in [1.807, 2.05) is 48.5 Å². The first-order valence-electron chi connectivity index (χ1n) is 8.81. The Balaban J connectivity index is 2.27. The zero-order chi connectivity index (χ0) is 21.0. The second-order valence-corrected chi connectivity index (χ2v) is 7.91. The molecule has 1 aliphatic rings. The highest BCUT2D eigenvalue weighted by atomic mass is 35.5. The van der Waals surface area contributed by atoms with Crippen molar-refractivity contribution < 1.29 is 9.53 Å². The van der Waals surface area contributed by atoms with E-state index in [9.17, 15) is 15.3 Å². The van der Waals surface area contributed by atoms with Crippen LogP contribution in [0.5, 0.6) is 0 Å². The molecule has 2 aromatic rings. The zero-order valence-corrected chi connectivity index (χ0v) is 17.3. The number of ether oxygens (including phenoxy) is 1. The van der Waals surface area contributed by atoms with Gasteiger partial charge < -0.3 is 4.74 Å². The van der Waals surface area contributed by atoms with Gasteiger partial charge in [0.05, 0.1) is 7.11 Å². The molecule has 0 unspecified atom stereocenters. The van der Waals surface area contributed by atoms with Gasteiger partial charge in [-0.05, 0) is 28.8 Å². The minimum Gasteiger partial charge on any atom is -0.466 e. The summed E-state index contributed by atoms with van der Waals surface area (Å²) in [5.74, 6) is -0.876. The molecule has 144 valence electrons. The number of nitriles is 2. The number of carbonyl (C=O) groups excluding carboxylic acids is 1. The minimum atomic E-state index is -0.548. The first kappa shape index (κ1) is 20.7. The Morgan fingerprint density at radius 1 is 1.21 bits per heavy atom. The van der Waals surface area contributed by atoms with E-state index in [-0.39, 0.29) is 17.1 Å². The van der Waals surface area contributed by atoms with Gasteiger partial charge in [-0.2, -0.15) is 10.5 Å². The van der Waals surface area contributed by atoms with Crippen molar-refractivity contribution in [3.63, 3.8) is 0 Å². The monoisotopic (exact) mass is 420 g/mol. The Kier molecular flexibility index (Phi) is 6.44. The van der Waals surface area contributed by atoms with Gasteiger partial charge in [0.2, 0.25) is 0 Å². The van der Waals surface area contributed by atoms with Gasteiger partial charge in [0.1, 0.15) is 17.7 Å². The van der Waals surface area contributed by atoms with Crippen LogP contribution < -0.4 is 0 Å². The lowest BCUT2D eigenvalue weighted by atomic mass is 9.74. The van der Waals surface area contributed by atoms with Crippen molar-refractivity contribution in [2.24, 2.45) is 5.92 Å². The number of thioether (sulfide) groups is 1. The molecule has 4 nitrogen and oxygen atoms in total. The van der Waals surface area contributed by atoms with E-state index in [0.29, 0.717) is 21.9 Å². The zero-order valence-electron chi connectivity index (χ0n) is 15.7. The lowest BCUT2D eigenvalue weighted by Gasteiger charge is -2.34. The molecule has 0 spiro atoms. The van der Waals surface area contributed by atoms with Gasteiger partial charge in [0.25, 0.3) is 0 Å². The van der Waals surface area contributed by atoms with Crippen LogP contribution in [0.3, 0.4) is 0 Å². The summed E-state index contributed by atoms with van der Waals surface area (Å²) in [7, 11) is 1.30. The molecule has 0 fully saturated rings. The number of benzene rings is 2. The first-order valence-corrected chi connectivity index (χ1v) is 10.2. The highest BCUT2D eigenvalue weighted by Crippen LogP contribution is 2.50. The molecule has 0 bridgehead atoms. The molecule has 0 N–H and O–H groups in total. The lowest BCUT2D eigenvalue weighted by Crippen LogP contribution is -2.26. The second-order valence-electron chi connectivity index (χ2n) is 6.44. The number of hydrogen-bond donors (Lipinski definition) is 0. The number of halogens is 1. The molecule has 1 heterocycles. The van der Waals surface area contributed by atoms with Crippen molar-refractivity contribution in [2.75, 3.05) is 12.9 Å². The van der Waals surface area contributed by atoms with Gasteiger partial charge in [0, 0.05) is 33.1 Å². The predicted octanol–water partition coefficient (Wildman–Crippen LogP) is 5.38. The molecule has 6 heteroatoms. The molecule has 0 saturated carbocycles. The lowest BCUT2D eigenvalue weighted by molar-refractivity contribution is -0.136. The Hall–Kier alpha value is -2.99. The predicted molar refractivity (Wildman–Crippen MR) is 114 cm³/mol. The van der Waals surface area contributed by atoms with Crippen LogP contribution in [0, 0.1) is 28.6 Å². The summed E-state index contributed by atoms with van der Waals surface area (Å²) in [5, 5.41) is 19.8. The van der Waals surface area contributed by atoms with Crippen LogP contribution in [-0.4, -0.2) is 18.8 Å². The average molecular weight is 421 g/mol. The molecule has 0 aromatic heterocycles. The van der Waals surface area contributed by atoms with E-state index >= 15 is 0 Å². The molecular formula is C23H17ClN2O2S. The first-order chi connectivity index (χ1) is 14.0. The minimum absolute atomic E-state index is 0.0254. The van der Waals surface area contributed by atoms with Crippen molar-refractivity contribution in [3.05, 3.63) is 82.4 Å². The quantitative estimate of drug-likeness (QED) is 0.377. The Morgan fingerprint density at radius 2 is 1.86 bits per heavy atom. The molecule has 0 saturated heterocycles. The molecule has 0 amide bonds. The van der Waals surface area contributed by atoms with Crippen LogP contribution >= 0.6 is 23.4 Å². The van der Waals surface area contributed by atoms with Gasteiger partial charge in [-0.1, -0.05) is 54.6 Å². The van der Waals surface area contributed by atoms with Crippen LogP contribution in [-0.2, 0) is 9.53 Å². The largest absolute Gasteiger partial charge is 0.466 e. The number of hydrogen-bond acceptors (Lipinski definition) is 5. The number of carbonyl (C=O) groups is 1. The maximum Gasteiger partial charge on any atom is 0.333 e. The number of allylic oxidation sites excluding steroid dienone is 2. The summed E-state index contributed by atoms with van der Waals surface area (Å²) in [4.78, 5) is 13.4. The fourth-order valence-corrected chi connectivity index (χ4v) is 5.12. The maximum absolute atomic E-state index is 12.4. The fourth-order valence-electron chi connectivity index (χ4n) is 3.64. The van der Waals surface area contributed by atoms with Gasteiger partial charge in [-0.3, -0.25) is 0 Å². The maximum atomic E-state index is 12.4. The van der Waals surface area contributed by atoms with E-state index in [1.165, 1.54) is 7.11 Å². The van der Waals surface area contributed by atoms with Crippen LogP contribution in [0.1, 0.15) is 17.0 Å². The Bertz CT molecular complexity index is 1080. The highest BCUT2D eigenvalue weighted by Gasteiger charge is 2.38. The number of rotatable bonds is 4. The van der Waals surface area contributed by atoms with E-state index < -0.39 is 11.9 Å². The molecule has 0 aliphatic carbocycles. The highest BCUT2D eigenvalue weighted by molar-refractivity contribution is 7.99. The molecule has 1 aliphatic heterocycles. The van der Waals surface area contributed by atoms with Gasteiger partial charge in [0.15, 0.2) is 0 Å². The number of esters is 1. The topological polar surface area (TPSA) is 73.9 Å². The van der Waals surface area contributed by atoms with Crippen molar-refractivity contribution in [2.45, 2.75) is 10.8 Å². The third-order valence-electron chi connectivity index (χ3n) is 4.93. The number of nitrogens with zero attached hydrogens (tertiary/aromatic N) is 2. The van der Waals surface area contributed by atoms with E-state index in [1.54, 1.807) is 23.9 Å². The summed E-state index contributed by atoms with van der Waals surface area (Å²) in [5.41, 5.74) is 2.40. The summed E-state index contributed by atoms with van der Waals surface area (Å²) in [6, 6.07) is 18.9. The smallest absolute Gasteiger partial charge is 0.333 e. The molecule has 29 heavy (non-hydrogen) atoms. The van der Waals surface area contributed by atoms with Gasteiger partial charge in [-0.25, -0.2) is 4.79 Å². The fraction of sp³-hybridized carbons (Fsp3) is 0.174. The third-order valence-corrected chi connectivity index (χ3v) is 6.46. The molecule has 3 rings (SSSR count). The third kappa shape index (κ3) is 3.93. The molecular weight excluding hydrogens is 404 g/mol. The molecule has 2 atom stereocenters. The number of fused-ring (bicyclic) bond motifs is 1. The average Bonchev–Trinajstić information content (AvgIpc) is 2.76. The Morgan fingerprint density at radius 3 is 2.52 bits per heavy atom. The summed E-state index contributed by atoms with van der Waals surface area (Å²) < 4.78 is 4.93. The van der Waals surface area contributed by atoms with Crippen LogP contribution in [0.15, 0.2) is 71.2 Å². The van der Waals surface area contributed by atoms with Crippen LogP contribution in [0.25, 0.3) is 5.57 Å². The van der Waals surface area contributed by atoms with Crippen LogP contribution in [0.4, 0.5) is 0 Å². The van der Waals surface area contributed by atoms with Crippen molar-refractivity contribution in [1.29, 1.82) is 10.5 Å². The second kappa shape index (κ2) is 9.01. The van der Waals surface area contributed by atoms with Crippen molar-refractivity contribution >= 4 is 34.9 Å². The summed E-state index contributed by atoms with van der Waals surface area (Å²) in [6.07, 6.45) is 0. The Labute approximate surface area is 179 Å². The van der Waals surface area contributed by atoms with Gasteiger partial charge >= 0.3 is 5.97 Å². The summed E-state index contributed by atoms with van der Waals surface area (Å²) >= 11 is 8.09. The van der Waals surface area contributed by atoms with E-state index in [0.717, 1.165) is 10.5 Å². The van der Waals surface area contributed by atoms with E-state index in [4.69, 9.17) is 16.3 Å². The standard InChI is InChI=1S/C23H17ClN2O2S/c1-14(23(27)28-2)21(16-7-3-5-9-19(16)24)18-13-29-20-10-6-4-8-17(20)22(18)15(11-25)12-26/h3-10,18,21H,1,13H2,2H3/t18-,21-/m0/s1. The van der Waals surface area contributed by atoms with E-state index in [2.05, 4.69) is 6.58 Å². The van der Waals surface area contributed by atoms with Crippen molar-refractivity contribution in [1.82, 2.24) is 0 Å². The summed E-state index contributed by atoms with van der Waals surface area (Å²) in [6.45, 7) is 3.99. The van der Waals surface area contributed by atoms with Gasteiger partial charge in [-0.15, -0.1) is 11.8 Å². The molecule has 0 radical (unpaired) electrons. The van der Waals surface area contributed by atoms with Crippen molar-refractivity contribution in [3.8, 4) is 12.1 Å².